The Balaban J connectivity index is 2.06. The number of nitrogens with one attached hydrogen (secondary N) is 1. The first-order valence-corrected chi connectivity index (χ1v) is 5.26. The predicted octanol–water partition coefficient (Wildman–Crippen LogP) is 0.742. The number of nitrogens with zero attached hydrogens (tertiary/aromatic N) is 2. The monoisotopic (exact) mass is 199 g/mol. The summed E-state index contributed by atoms with van der Waals surface area (Å²) in [4.78, 5) is 15.4. The first kappa shape index (κ1) is 11.3. The summed E-state index contributed by atoms with van der Waals surface area (Å²) >= 11 is 0. The molecule has 0 heterocycles. The van der Waals surface area contributed by atoms with Crippen molar-refractivity contribution >= 4 is 6.03 Å². The van der Waals surface area contributed by atoms with E-state index in [1.165, 1.54) is 0 Å². The molecule has 0 saturated heterocycles. The molecule has 0 spiro atoms. The highest BCUT2D eigenvalue weighted by molar-refractivity contribution is 5.74. The lowest BCUT2D eigenvalue weighted by Crippen LogP contribution is -2.39. The molecule has 0 aromatic heterocycles. The summed E-state index contributed by atoms with van der Waals surface area (Å²) < 4.78 is 0. The van der Waals surface area contributed by atoms with Crippen LogP contribution < -0.4 is 5.32 Å². The van der Waals surface area contributed by atoms with Crippen molar-refractivity contribution in [1.82, 2.24) is 15.1 Å². The van der Waals surface area contributed by atoms with Crippen LogP contribution in [0.3, 0.4) is 0 Å². The molecule has 0 aromatic rings. The second-order valence-corrected chi connectivity index (χ2v) is 4.30. The molecule has 0 unspecified atom stereocenters. The van der Waals surface area contributed by atoms with Gasteiger partial charge in [-0.25, -0.2) is 4.79 Å². The minimum absolute atomic E-state index is 0.0752. The van der Waals surface area contributed by atoms with E-state index in [9.17, 15) is 4.79 Å². The quantitative estimate of drug-likeness (QED) is 0.709. The van der Waals surface area contributed by atoms with Crippen molar-refractivity contribution in [3.63, 3.8) is 0 Å². The molecule has 1 aliphatic rings. The van der Waals surface area contributed by atoms with Crippen LogP contribution in [0.1, 0.15) is 19.3 Å². The van der Waals surface area contributed by atoms with Gasteiger partial charge in [0.25, 0.3) is 0 Å². The molecule has 0 aliphatic heterocycles. The fourth-order valence-corrected chi connectivity index (χ4v) is 1.24. The number of hydrogen-bond donors (Lipinski definition) is 1. The number of carbonyl (C=O) groups excluding carboxylic acids is 1. The Bertz CT molecular complexity index is 190. The van der Waals surface area contributed by atoms with Gasteiger partial charge in [-0.3, -0.25) is 0 Å². The Labute approximate surface area is 86.2 Å². The van der Waals surface area contributed by atoms with Gasteiger partial charge in [-0.1, -0.05) is 0 Å². The van der Waals surface area contributed by atoms with Gasteiger partial charge in [-0.2, -0.15) is 0 Å². The van der Waals surface area contributed by atoms with Gasteiger partial charge < -0.3 is 15.1 Å². The van der Waals surface area contributed by atoms with Gasteiger partial charge in [0, 0.05) is 19.6 Å². The molecule has 1 N–H and O–H groups in total. The number of rotatable bonds is 5. The van der Waals surface area contributed by atoms with E-state index >= 15 is 0 Å². The van der Waals surface area contributed by atoms with Crippen molar-refractivity contribution in [3.8, 4) is 0 Å². The Morgan fingerprint density at radius 1 is 1.29 bits per heavy atom. The van der Waals surface area contributed by atoms with E-state index in [1.807, 2.05) is 21.1 Å². The zero-order valence-corrected chi connectivity index (χ0v) is 9.42. The molecule has 1 saturated carbocycles. The lowest BCUT2D eigenvalue weighted by molar-refractivity contribution is 0.206. The molecule has 0 atom stereocenters. The summed E-state index contributed by atoms with van der Waals surface area (Å²) in [5, 5.41) is 2.97. The Morgan fingerprint density at radius 2 is 1.93 bits per heavy atom. The highest BCUT2D eigenvalue weighted by atomic mass is 16.2. The molecular formula is C10H21N3O. The van der Waals surface area contributed by atoms with Crippen molar-refractivity contribution < 1.29 is 4.79 Å². The average molecular weight is 199 g/mol. The minimum atomic E-state index is 0.0752. The summed E-state index contributed by atoms with van der Waals surface area (Å²) in [6, 6.07) is 0.532. The Hall–Kier alpha value is -0.770. The molecule has 4 nitrogen and oxygen atoms in total. The summed E-state index contributed by atoms with van der Waals surface area (Å²) in [5.41, 5.74) is 0. The fraction of sp³-hybridized carbons (Fsp3) is 0.900. The largest absolute Gasteiger partial charge is 0.335 e. The zero-order chi connectivity index (χ0) is 10.6. The van der Waals surface area contributed by atoms with Gasteiger partial charge in [0.05, 0.1) is 0 Å². The van der Waals surface area contributed by atoms with Crippen molar-refractivity contribution in [2.75, 3.05) is 34.2 Å². The first-order valence-electron chi connectivity index (χ1n) is 5.26. The van der Waals surface area contributed by atoms with Crippen molar-refractivity contribution in [2.45, 2.75) is 25.3 Å². The predicted molar refractivity (Wildman–Crippen MR) is 57.4 cm³/mol. The molecule has 0 radical (unpaired) electrons. The third-order valence-electron chi connectivity index (χ3n) is 2.35. The van der Waals surface area contributed by atoms with Crippen molar-refractivity contribution in [3.05, 3.63) is 0 Å². The maximum Gasteiger partial charge on any atom is 0.317 e. The van der Waals surface area contributed by atoms with E-state index in [0.29, 0.717) is 6.04 Å². The summed E-state index contributed by atoms with van der Waals surface area (Å²) in [5.74, 6) is 0. The van der Waals surface area contributed by atoms with E-state index < -0.39 is 0 Å². The normalized spacial score (nSPS) is 15.7. The van der Waals surface area contributed by atoms with Gasteiger partial charge in [0.2, 0.25) is 0 Å². The van der Waals surface area contributed by atoms with Gasteiger partial charge in [0.1, 0.15) is 0 Å². The van der Waals surface area contributed by atoms with Crippen molar-refractivity contribution in [1.29, 1.82) is 0 Å². The SMILES string of the molecule is CN(C)CCCN(C)C(=O)NC1CC1. The standard InChI is InChI=1S/C10H21N3O/c1-12(2)7-4-8-13(3)10(14)11-9-5-6-9/h9H,4-8H2,1-3H3,(H,11,14). The number of hydrogen-bond acceptors (Lipinski definition) is 2. The van der Waals surface area contributed by atoms with Crippen LogP contribution in [0.15, 0.2) is 0 Å². The third kappa shape index (κ3) is 4.46. The average Bonchev–Trinajstić information content (AvgIpc) is 2.87. The van der Waals surface area contributed by atoms with E-state index in [4.69, 9.17) is 0 Å². The highest BCUT2D eigenvalue weighted by Crippen LogP contribution is 2.18. The molecule has 4 heteroatoms. The van der Waals surface area contributed by atoms with Crippen LogP contribution >= 0.6 is 0 Å². The first-order chi connectivity index (χ1) is 6.59. The molecule has 1 aliphatic carbocycles. The fourth-order valence-electron chi connectivity index (χ4n) is 1.24. The lowest BCUT2D eigenvalue weighted by Gasteiger charge is -2.18. The van der Waals surface area contributed by atoms with Gasteiger partial charge in [-0.15, -0.1) is 0 Å². The van der Waals surface area contributed by atoms with E-state index in [-0.39, 0.29) is 6.03 Å². The van der Waals surface area contributed by atoms with Gasteiger partial charge in [0.15, 0.2) is 0 Å². The van der Waals surface area contributed by atoms with Crippen LogP contribution in [0, 0.1) is 0 Å². The van der Waals surface area contributed by atoms with Crippen LogP contribution in [-0.2, 0) is 0 Å². The number of carbonyl (C=O) groups is 1. The number of amides is 2. The summed E-state index contributed by atoms with van der Waals surface area (Å²) in [6.07, 6.45) is 3.33. The molecule has 82 valence electrons. The maximum absolute atomic E-state index is 11.5. The van der Waals surface area contributed by atoms with E-state index in [2.05, 4.69) is 10.2 Å². The molecular weight excluding hydrogens is 178 g/mol. The molecule has 0 bridgehead atoms. The Kier molecular flexibility index (Phi) is 4.20. The molecule has 0 aromatic carbocycles. The lowest BCUT2D eigenvalue weighted by atomic mass is 10.4. The second-order valence-electron chi connectivity index (χ2n) is 4.30. The van der Waals surface area contributed by atoms with Crippen LogP contribution in [0.2, 0.25) is 0 Å². The third-order valence-corrected chi connectivity index (χ3v) is 2.35. The van der Waals surface area contributed by atoms with Crippen LogP contribution in [0.5, 0.6) is 0 Å². The second kappa shape index (κ2) is 5.20. The molecule has 1 rings (SSSR count). The van der Waals surface area contributed by atoms with Crippen LogP contribution in [0.25, 0.3) is 0 Å². The van der Waals surface area contributed by atoms with Crippen molar-refractivity contribution in [2.24, 2.45) is 0 Å². The zero-order valence-electron chi connectivity index (χ0n) is 9.42. The summed E-state index contributed by atoms with van der Waals surface area (Å²) in [6.45, 7) is 1.86. The Morgan fingerprint density at radius 3 is 2.43 bits per heavy atom. The molecule has 1 fully saturated rings. The molecule has 2 amide bonds. The minimum Gasteiger partial charge on any atom is -0.335 e. The van der Waals surface area contributed by atoms with E-state index in [0.717, 1.165) is 32.4 Å². The number of urea groups is 1. The van der Waals surface area contributed by atoms with Gasteiger partial charge >= 0.3 is 6.03 Å². The van der Waals surface area contributed by atoms with Gasteiger partial charge in [-0.05, 0) is 39.9 Å². The van der Waals surface area contributed by atoms with Crippen LogP contribution in [0.4, 0.5) is 4.79 Å². The van der Waals surface area contributed by atoms with Crippen LogP contribution in [-0.4, -0.2) is 56.1 Å². The highest BCUT2D eigenvalue weighted by Gasteiger charge is 2.24. The van der Waals surface area contributed by atoms with E-state index in [1.54, 1.807) is 4.90 Å². The topological polar surface area (TPSA) is 35.6 Å². The summed E-state index contributed by atoms with van der Waals surface area (Å²) in [7, 11) is 5.95. The molecule has 14 heavy (non-hydrogen) atoms. The maximum atomic E-state index is 11.5. The smallest absolute Gasteiger partial charge is 0.317 e.